The van der Waals surface area contributed by atoms with Crippen molar-refractivity contribution in [2.45, 2.75) is 64.2 Å². The van der Waals surface area contributed by atoms with E-state index >= 15 is 0 Å². The molecule has 2 aromatic rings. The maximum atomic E-state index is 5.77. The number of ether oxygens (including phenoxy) is 2. The van der Waals surface area contributed by atoms with Gasteiger partial charge in [-0.3, -0.25) is 0 Å². The molecule has 0 N–H and O–H groups in total. The van der Waals surface area contributed by atoms with E-state index in [1.807, 2.05) is 14.2 Å². The number of fused-ring (bicyclic) bond motifs is 4. The van der Waals surface area contributed by atoms with Crippen molar-refractivity contribution in [3.8, 4) is 11.5 Å². The van der Waals surface area contributed by atoms with Crippen LogP contribution in [0.1, 0.15) is 60.8 Å². The van der Waals surface area contributed by atoms with Crippen LogP contribution in [0.15, 0.2) is 36.4 Å². The van der Waals surface area contributed by atoms with Crippen LogP contribution in [0.2, 0.25) is 0 Å². The van der Waals surface area contributed by atoms with Crippen LogP contribution in [0.4, 0.5) is 0 Å². The van der Waals surface area contributed by atoms with Gasteiger partial charge in [-0.2, -0.15) is 0 Å². The largest absolute Gasteiger partial charge is 0.496 e. The number of hydrogen-bond acceptors (Lipinski definition) is 2. The maximum absolute atomic E-state index is 5.77. The van der Waals surface area contributed by atoms with Gasteiger partial charge in [0.05, 0.1) is 14.2 Å². The fourth-order valence-corrected chi connectivity index (χ4v) is 4.20. The van der Waals surface area contributed by atoms with Gasteiger partial charge in [0, 0.05) is 0 Å². The average molecular weight is 353 g/mol. The summed E-state index contributed by atoms with van der Waals surface area (Å²) < 4.78 is 11.5. The van der Waals surface area contributed by atoms with Gasteiger partial charge in [0.15, 0.2) is 0 Å². The van der Waals surface area contributed by atoms with Crippen molar-refractivity contribution in [3.05, 3.63) is 58.7 Å². The lowest BCUT2D eigenvalue weighted by molar-refractivity contribution is 0.400. The molecule has 3 rings (SSSR count). The van der Waals surface area contributed by atoms with Gasteiger partial charge in [0.1, 0.15) is 11.5 Å². The van der Waals surface area contributed by atoms with Gasteiger partial charge in [0.25, 0.3) is 0 Å². The molecule has 0 heterocycles. The molecule has 1 aliphatic rings. The fourth-order valence-electron chi connectivity index (χ4n) is 4.20. The molecule has 4 bridgehead atoms. The maximum Gasteiger partial charge on any atom is 0.125 e. The van der Waals surface area contributed by atoms with Crippen molar-refractivity contribution in [2.24, 2.45) is 0 Å². The Labute approximate surface area is 158 Å². The van der Waals surface area contributed by atoms with E-state index in [0.29, 0.717) is 0 Å². The van der Waals surface area contributed by atoms with Gasteiger partial charge in [-0.1, -0.05) is 49.2 Å². The highest BCUT2D eigenvalue weighted by molar-refractivity contribution is 5.43. The molecule has 0 saturated carbocycles. The second kappa shape index (κ2) is 9.66. The Bertz CT molecular complexity index is 595. The third-order valence-corrected chi connectivity index (χ3v) is 5.55. The van der Waals surface area contributed by atoms with Crippen LogP contribution in [0, 0.1) is 0 Å². The number of hydrogen-bond donors (Lipinski definition) is 0. The molecule has 26 heavy (non-hydrogen) atoms. The van der Waals surface area contributed by atoms with Gasteiger partial charge < -0.3 is 9.47 Å². The van der Waals surface area contributed by atoms with Crippen molar-refractivity contribution in [1.82, 2.24) is 0 Å². The normalized spacial score (nSPS) is 16.1. The van der Waals surface area contributed by atoms with Gasteiger partial charge in [-0.05, 0) is 73.6 Å². The Kier molecular flexibility index (Phi) is 6.99. The first kappa shape index (κ1) is 18.8. The highest BCUT2D eigenvalue weighted by Crippen LogP contribution is 2.30. The van der Waals surface area contributed by atoms with E-state index in [4.69, 9.17) is 9.47 Å². The number of rotatable bonds is 2. The van der Waals surface area contributed by atoms with Crippen LogP contribution in [0.3, 0.4) is 0 Å². The van der Waals surface area contributed by atoms with E-state index in [2.05, 4.69) is 36.4 Å². The topological polar surface area (TPSA) is 18.5 Å². The van der Waals surface area contributed by atoms with Gasteiger partial charge in [-0.25, -0.2) is 0 Å². The van der Waals surface area contributed by atoms with Crippen molar-refractivity contribution >= 4 is 0 Å². The van der Waals surface area contributed by atoms with Crippen LogP contribution in [0.25, 0.3) is 0 Å². The molecule has 0 unspecified atom stereocenters. The molecule has 1 aliphatic carbocycles. The third kappa shape index (κ3) is 4.60. The van der Waals surface area contributed by atoms with Crippen LogP contribution in [0.5, 0.6) is 11.5 Å². The minimum Gasteiger partial charge on any atom is -0.496 e. The lowest BCUT2D eigenvalue weighted by Crippen LogP contribution is -2.01. The minimum absolute atomic E-state index is 1.11. The van der Waals surface area contributed by atoms with Gasteiger partial charge in [-0.15, -0.1) is 0 Å². The molecule has 0 fully saturated rings. The van der Waals surface area contributed by atoms with Crippen molar-refractivity contribution < 1.29 is 9.47 Å². The Morgan fingerprint density at radius 1 is 0.500 bits per heavy atom. The highest BCUT2D eigenvalue weighted by Gasteiger charge is 2.11. The first-order chi connectivity index (χ1) is 12.8. The Morgan fingerprint density at radius 2 is 0.808 bits per heavy atom. The van der Waals surface area contributed by atoms with E-state index in [1.165, 1.54) is 60.8 Å². The Balaban J connectivity index is 1.76. The summed E-state index contributed by atoms with van der Waals surface area (Å²) in [6.45, 7) is 0. The Hall–Kier alpha value is -1.96. The second-order valence-corrected chi connectivity index (χ2v) is 7.34. The lowest BCUT2D eigenvalue weighted by atomic mass is 9.95. The Morgan fingerprint density at radius 3 is 1.08 bits per heavy atom. The van der Waals surface area contributed by atoms with E-state index < -0.39 is 0 Å². The quantitative estimate of drug-likeness (QED) is 0.667. The zero-order valence-electron chi connectivity index (χ0n) is 16.4. The zero-order chi connectivity index (χ0) is 18.2. The molecule has 0 aliphatic heterocycles. The molecule has 0 atom stereocenters. The highest BCUT2D eigenvalue weighted by atomic mass is 16.5. The summed E-state index contributed by atoms with van der Waals surface area (Å²) in [5.74, 6) is 2.26. The first-order valence-corrected chi connectivity index (χ1v) is 10.1. The lowest BCUT2D eigenvalue weighted by Gasteiger charge is -2.16. The minimum atomic E-state index is 1.11. The summed E-state index contributed by atoms with van der Waals surface area (Å²) in [6, 6.07) is 13.3. The van der Waals surface area contributed by atoms with Crippen molar-refractivity contribution in [2.75, 3.05) is 14.2 Å². The van der Waals surface area contributed by atoms with E-state index in [1.54, 1.807) is 0 Å². The summed E-state index contributed by atoms with van der Waals surface area (Å²) in [7, 11) is 3.64. The number of methoxy groups -OCH3 is 2. The first-order valence-electron chi connectivity index (χ1n) is 10.1. The standard InChI is InChI=1S/C24H32O2/c1-25-23-19-11-5-3-7-13-21-17-10-18-22(24(21)26-2)14-8-4-6-12-20(23)16-9-15-19/h9-10,15-18H,3-8,11-14H2,1-2H3. The summed E-state index contributed by atoms with van der Waals surface area (Å²) in [6.07, 6.45) is 11.7. The smallest absolute Gasteiger partial charge is 0.125 e. The van der Waals surface area contributed by atoms with E-state index in [9.17, 15) is 0 Å². The van der Waals surface area contributed by atoms with Gasteiger partial charge in [0.2, 0.25) is 0 Å². The number of aryl methyl sites for hydroxylation is 4. The second-order valence-electron chi connectivity index (χ2n) is 7.34. The molecule has 0 spiro atoms. The van der Waals surface area contributed by atoms with Crippen LogP contribution in [-0.4, -0.2) is 14.2 Å². The van der Waals surface area contributed by atoms with Crippen LogP contribution < -0.4 is 9.47 Å². The van der Waals surface area contributed by atoms with Crippen LogP contribution >= 0.6 is 0 Å². The number of para-hydroxylation sites is 2. The molecular weight excluding hydrogens is 320 g/mol. The number of benzene rings is 2. The zero-order valence-corrected chi connectivity index (χ0v) is 16.4. The third-order valence-electron chi connectivity index (χ3n) is 5.55. The van der Waals surface area contributed by atoms with Crippen molar-refractivity contribution in [3.63, 3.8) is 0 Å². The fraction of sp³-hybridized carbons (Fsp3) is 0.500. The van der Waals surface area contributed by atoms with E-state index in [-0.39, 0.29) is 0 Å². The summed E-state index contributed by atoms with van der Waals surface area (Å²) in [5.41, 5.74) is 5.49. The molecular formula is C24H32O2. The SMILES string of the molecule is COc1c2cccc1CCCCCc1cccc(c1OC)CCCCC2. The monoisotopic (exact) mass is 352 g/mol. The molecule has 140 valence electrons. The van der Waals surface area contributed by atoms with Crippen LogP contribution in [-0.2, 0) is 25.7 Å². The molecule has 0 saturated heterocycles. The summed E-state index contributed by atoms with van der Waals surface area (Å²) in [4.78, 5) is 0. The summed E-state index contributed by atoms with van der Waals surface area (Å²) >= 11 is 0. The predicted octanol–water partition coefficient (Wildman–Crippen LogP) is 5.93. The molecule has 2 heteroatoms. The summed E-state index contributed by atoms with van der Waals surface area (Å²) in [5, 5.41) is 0. The van der Waals surface area contributed by atoms with Crippen molar-refractivity contribution in [1.29, 1.82) is 0 Å². The molecule has 2 nitrogen and oxygen atoms in total. The van der Waals surface area contributed by atoms with Gasteiger partial charge >= 0.3 is 0 Å². The molecule has 2 aromatic carbocycles. The average Bonchev–Trinajstić information content (AvgIpc) is 2.67. The predicted molar refractivity (Wildman–Crippen MR) is 109 cm³/mol. The molecule has 0 aromatic heterocycles. The molecule has 0 radical (unpaired) electrons. The van der Waals surface area contributed by atoms with E-state index in [0.717, 1.165) is 37.2 Å². The molecule has 0 amide bonds.